The lowest BCUT2D eigenvalue weighted by atomic mass is 9.90. The number of ether oxygens (including phenoxy) is 1. The second-order valence-electron chi connectivity index (χ2n) is 6.88. The van der Waals surface area contributed by atoms with Gasteiger partial charge in [0.25, 0.3) is 5.91 Å². The second kappa shape index (κ2) is 9.69. The van der Waals surface area contributed by atoms with Crippen molar-refractivity contribution in [3.63, 3.8) is 0 Å². The number of carbonyl (C=O) groups is 3. The van der Waals surface area contributed by atoms with Gasteiger partial charge >= 0.3 is 5.97 Å². The Balaban J connectivity index is 1.91. The Labute approximate surface area is 179 Å². The molecule has 0 atom stereocenters. The van der Waals surface area contributed by atoms with Crippen LogP contribution >= 0.6 is 15.9 Å². The first-order chi connectivity index (χ1) is 13.6. The molecule has 0 saturated carbocycles. The molecule has 0 aliphatic carbocycles. The van der Waals surface area contributed by atoms with Crippen LogP contribution in [0.15, 0.2) is 28.7 Å². The van der Waals surface area contributed by atoms with Gasteiger partial charge in [-0.1, -0.05) is 12.1 Å². The van der Waals surface area contributed by atoms with Crippen molar-refractivity contribution in [2.45, 2.75) is 34.6 Å². The van der Waals surface area contributed by atoms with Gasteiger partial charge in [0.2, 0.25) is 5.91 Å². The Hall–Kier alpha value is -2.67. The van der Waals surface area contributed by atoms with Gasteiger partial charge in [-0.3, -0.25) is 9.59 Å². The third kappa shape index (κ3) is 5.44. The molecule has 0 fully saturated rings. The summed E-state index contributed by atoms with van der Waals surface area (Å²) in [5, 5.41) is 5.13. The van der Waals surface area contributed by atoms with Crippen LogP contribution in [0.2, 0.25) is 0 Å². The Kier molecular flexibility index (Phi) is 7.56. The monoisotopic (exact) mass is 460 g/mol. The van der Waals surface area contributed by atoms with Gasteiger partial charge in [0.05, 0.1) is 17.8 Å². The van der Waals surface area contributed by atoms with E-state index in [-0.39, 0.29) is 12.5 Å². The molecule has 0 saturated heterocycles. The number of anilines is 1. The van der Waals surface area contributed by atoms with Crippen molar-refractivity contribution >= 4 is 39.4 Å². The summed E-state index contributed by atoms with van der Waals surface area (Å²) in [5.41, 5.74) is 6.01. The summed E-state index contributed by atoms with van der Waals surface area (Å²) in [7, 11) is 0. The lowest BCUT2D eigenvalue weighted by Crippen LogP contribution is -2.35. The van der Waals surface area contributed by atoms with Crippen LogP contribution in [-0.2, 0) is 14.3 Å². The molecular weight excluding hydrogens is 436 g/mol. The number of benzene rings is 2. The SMILES string of the molecule is Cc1c(C)c(C)c(C(=O)OCC(=O)NCC(=O)Nc2ccccc2Br)c(C)c1C. The van der Waals surface area contributed by atoms with Gasteiger partial charge in [-0.25, -0.2) is 4.79 Å². The second-order valence-corrected chi connectivity index (χ2v) is 7.74. The number of esters is 1. The van der Waals surface area contributed by atoms with E-state index in [9.17, 15) is 14.4 Å². The summed E-state index contributed by atoms with van der Waals surface area (Å²) < 4.78 is 5.92. The summed E-state index contributed by atoms with van der Waals surface area (Å²) in [5.74, 6) is -1.47. The van der Waals surface area contributed by atoms with Gasteiger partial charge in [-0.2, -0.15) is 0 Å². The molecule has 6 nitrogen and oxygen atoms in total. The molecule has 2 rings (SSSR count). The molecule has 154 valence electrons. The number of carbonyl (C=O) groups excluding carboxylic acids is 3. The van der Waals surface area contributed by atoms with Gasteiger partial charge < -0.3 is 15.4 Å². The molecule has 0 heterocycles. The largest absolute Gasteiger partial charge is 0.452 e. The van der Waals surface area contributed by atoms with Gasteiger partial charge in [0, 0.05) is 4.47 Å². The van der Waals surface area contributed by atoms with Gasteiger partial charge in [-0.15, -0.1) is 0 Å². The maximum Gasteiger partial charge on any atom is 0.339 e. The van der Waals surface area contributed by atoms with Crippen molar-refractivity contribution in [2.24, 2.45) is 0 Å². The summed E-state index contributed by atoms with van der Waals surface area (Å²) >= 11 is 3.33. The molecule has 0 unspecified atom stereocenters. The molecule has 0 aliphatic rings. The molecule has 0 radical (unpaired) electrons. The van der Waals surface area contributed by atoms with Crippen molar-refractivity contribution in [2.75, 3.05) is 18.5 Å². The standard InChI is InChI=1S/C22H25BrN2O4/c1-12-13(2)15(4)21(16(5)14(12)3)22(28)29-11-20(27)24-10-19(26)25-18-9-7-6-8-17(18)23/h6-9H,10-11H2,1-5H3,(H,24,27)(H,25,26). The van der Waals surface area contributed by atoms with Gasteiger partial charge in [0.15, 0.2) is 6.61 Å². The molecule has 0 spiro atoms. The lowest BCUT2D eigenvalue weighted by Gasteiger charge is -2.17. The zero-order valence-corrected chi connectivity index (χ0v) is 18.8. The summed E-state index contributed by atoms with van der Waals surface area (Å²) in [6.07, 6.45) is 0. The number of halogens is 1. The molecule has 29 heavy (non-hydrogen) atoms. The molecule has 7 heteroatoms. The van der Waals surface area contributed by atoms with Crippen molar-refractivity contribution in [3.8, 4) is 0 Å². The first-order valence-corrected chi connectivity index (χ1v) is 9.98. The van der Waals surface area contributed by atoms with Crippen LogP contribution in [0.25, 0.3) is 0 Å². The Morgan fingerprint density at radius 3 is 2.00 bits per heavy atom. The zero-order chi connectivity index (χ0) is 21.7. The maximum absolute atomic E-state index is 12.5. The van der Waals surface area contributed by atoms with Crippen LogP contribution in [0.1, 0.15) is 38.2 Å². The summed E-state index contributed by atoms with van der Waals surface area (Å²) in [6.45, 7) is 9.01. The predicted octanol–water partition coefficient (Wildman–Crippen LogP) is 3.90. The maximum atomic E-state index is 12.5. The fourth-order valence-electron chi connectivity index (χ4n) is 3.00. The van der Waals surface area contributed by atoms with E-state index < -0.39 is 18.5 Å². The first-order valence-electron chi connectivity index (χ1n) is 9.18. The highest BCUT2D eigenvalue weighted by molar-refractivity contribution is 9.10. The smallest absolute Gasteiger partial charge is 0.339 e. The number of hydrogen-bond acceptors (Lipinski definition) is 4. The Bertz CT molecular complexity index is 941. The van der Waals surface area contributed by atoms with Gasteiger partial charge in [0.1, 0.15) is 0 Å². The van der Waals surface area contributed by atoms with E-state index in [1.807, 2.05) is 40.7 Å². The lowest BCUT2D eigenvalue weighted by molar-refractivity contribution is -0.126. The van der Waals surface area contributed by atoms with E-state index in [0.717, 1.165) is 32.3 Å². The molecule has 2 N–H and O–H groups in total. The average molecular weight is 461 g/mol. The molecule has 0 aliphatic heterocycles. The fraction of sp³-hybridized carbons (Fsp3) is 0.318. The molecule has 2 aromatic rings. The highest BCUT2D eigenvalue weighted by atomic mass is 79.9. The van der Waals surface area contributed by atoms with Crippen molar-refractivity contribution in [3.05, 3.63) is 62.1 Å². The topological polar surface area (TPSA) is 84.5 Å². The van der Waals surface area contributed by atoms with E-state index in [4.69, 9.17) is 4.74 Å². The first kappa shape index (κ1) is 22.6. The highest BCUT2D eigenvalue weighted by Gasteiger charge is 2.20. The molecular formula is C22H25BrN2O4. The normalized spacial score (nSPS) is 10.4. The van der Waals surface area contributed by atoms with Crippen LogP contribution < -0.4 is 10.6 Å². The highest BCUT2D eigenvalue weighted by Crippen LogP contribution is 2.26. The van der Waals surface area contributed by atoms with Crippen LogP contribution in [0.4, 0.5) is 5.69 Å². The number of amides is 2. The van der Waals surface area contributed by atoms with Gasteiger partial charge in [-0.05, 0) is 90.5 Å². The van der Waals surface area contributed by atoms with Crippen LogP contribution in [0.5, 0.6) is 0 Å². The number of hydrogen-bond donors (Lipinski definition) is 2. The van der Waals surface area contributed by atoms with E-state index >= 15 is 0 Å². The Morgan fingerprint density at radius 2 is 1.41 bits per heavy atom. The molecule has 0 bridgehead atoms. The predicted molar refractivity (Wildman–Crippen MR) is 116 cm³/mol. The van der Waals surface area contributed by atoms with Crippen LogP contribution in [0, 0.1) is 34.6 Å². The van der Waals surface area contributed by atoms with Crippen molar-refractivity contribution in [1.29, 1.82) is 0 Å². The fourth-order valence-corrected chi connectivity index (χ4v) is 3.38. The minimum Gasteiger partial charge on any atom is -0.452 e. The minimum atomic E-state index is -0.545. The van der Waals surface area contributed by atoms with Crippen molar-refractivity contribution in [1.82, 2.24) is 5.32 Å². The van der Waals surface area contributed by atoms with E-state index in [1.54, 1.807) is 18.2 Å². The third-order valence-corrected chi connectivity index (χ3v) is 5.82. The summed E-state index contributed by atoms with van der Waals surface area (Å²) in [6, 6.07) is 7.15. The average Bonchev–Trinajstić information content (AvgIpc) is 2.69. The van der Waals surface area contributed by atoms with Crippen molar-refractivity contribution < 1.29 is 19.1 Å². The van der Waals surface area contributed by atoms with E-state index in [0.29, 0.717) is 11.3 Å². The third-order valence-electron chi connectivity index (χ3n) is 5.13. The van der Waals surface area contributed by atoms with Crippen LogP contribution in [0.3, 0.4) is 0 Å². The zero-order valence-electron chi connectivity index (χ0n) is 17.2. The van der Waals surface area contributed by atoms with E-state index in [1.165, 1.54) is 0 Å². The van der Waals surface area contributed by atoms with E-state index in [2.05, 4.69) is 26.6 Å². The minimum absolute atomic E-state index is 0.224. The molecule has 2 aromatic carbocycles. The number of para-hydroxylation sites is 1. The molecule has 2 amide bonds. The Morgan fingerprint density at radius 1 is 0.862 bits per heavy atom. The number of rotatable bonds is 6. The summed E-state index contributed by atoms with van der Waals surface area (Å²) in [4.78, 5) is 36.5. The number of nitrogens with one attached hydrogen (secondary N) is 2. The molecule has 0 aromatic heterocycles. The quantitative estimate of drug-likeness (QED) is 0.640. The van der Waals surface area contributed by atoms with Crippen LogP contribution in [-0.4, -0.2) is 30.9 Å².